The maximum atomic E-state index is 14.4. The predicted molar refractivity (Wildman–Crippen MR) is 142 cm³/mol. The molecule has 0 radical (unpaired) electrons. The van der Waals surface area contributed by atoms with Crippen LogP contribution >= 0.6 is 7.82 Å². The average molecular weight is 557 g/mol. The molecule has 0 aliphatic heterocycles. The van der Waals surface area contributed by atoms with Crippen molar-refractivity contribution in [3.8, 4) is 5.75 Å². The van der Waals surface area contributed by atoms with Crippen molar-refractivity contribution in [3.63, 3.8) is 0 Å². The fourth-order valence-corrected chi connectivity index (χ4v) is 7.42. The molecule has 2 unspecified atom stereocenters. The van der Waals surface area contributed by atoms with E-state index in [1.807, 2.05) is 0 Å². The Labute approximate surface area is 223 Å². The average Bonchev–Trinajstić information content (AvgIpc) is 2.82. The molecule has 2 fully saturated rings. The summed E-state index contributed by atoms with van der Waals surface area (Å²) in [4.78, 5) is 18.9. The molecule has 38 heavy (non-hydrogen) atoms. The van der Waals surface area contributed by atoms with Crippen LogP contribution in [0.1, 0.15) is 103 Å². The van der Waals surface area contributed by atoms with Crippen LogP contribution in [0.3, 0.4) is 0 Å². The number of halogens is 3. The molecule has 2 saturated carbocycles. The van der Waals surface area contributed by atoms with E-state index in [4.69, 9.17) is 9.26 Å². The predicted octanol–water partition coefficient (Wildman–Crippen LogP) is 8.76. The molecule has 1 spiro atoms. The van der Waals surface area contributed by atoms with E-state index in [-0.39, 0.29) is 17.2 Å². The number of rotatable bonds is 6. The second-order valence-corrected chi connectivity index (χ2v) is 13.7. The minimum absolute atomic E-state index is 0.0497. The van der Waals surface area contributed by atoms with Gasteiger partial charge in [0.25, 0.3) is 0 Å². The van der Waals surface area contributed by atoms with Gasteiger partial charge in [-0.05, 0) is 71.8 Å². The number of benzene rings is 2. The van der Waals surface area contributed by atoms with Gasteiger partial charge in [-0.15, -0.1) is 0 Å². The first-order chi connectivity index (χ1) is 17.6. The molecule has 2 aromatic carbocycles. The van der Waals surface area contributed by atoms with Crippen molar-refractivity contribution in [1.29, 1.82) is 0 Å². The Balaban J connectivity index is 1.61. The van der Waals surface area contributed by atoms with E-state index in [9.17, 15) is 27.5 Å². The number of phosphoric ester groups is 1. The lowest BCUT2D eigenvalue weighted by Crippen LogP contribution is -2.34. The molecule has 2 aliphatic carbocycles. The van der Waals surface area contributed by atoms with Crippen molar-refractivity contribution in [2.75, 3.05) is 0 Å². The van der Waals surface area contributed by atoms with Gasteiger partial charge in [0, 0.05) is 5.92 Å². The molecule has 2 N–H and O–H groups in total. The van der Waals surface area contributed by atoms with Crippen LogP contribution in [0.5, 0.6) is 5.75 Å². The summed E-state index contributed by atoms with van der Waals surface area (Å²) in [5, 5.41) is 0.441. The fourth-order valence-electron chi connectivity index (χ4n) is 6.63. The largest absolute Gasteiger partial charge is 0.490 e. The van der Waals surface area contributed by atoms with Crippen LogP contribution in [0.2, 0.25) is 0 Å². The quantitative estimate of drug-likeness (QED) is 0.348. The van der Waals surface area contributed by atoms with Crippen LogP contribution in [0.15, 0.2) is 30.3 Å². The third-order valence-electron chi connectivity index (χ3n) is 8.57. The third kappa shape index (κ3) is 6.75. The highest BCUT2D eigenvalue weighted by Crippen LogP contribution is 2.50. The summed E-state index contributed by atoms with van der Waals surface area (Å²) in [6.07, 6.45) is 4.12. The highest BCUT2D eigenvalue weighted by molar-refractivity contribution is 7.46. The van der Waals surface area contributed by atoms with Gasteiger partial charge in [-0.1, -0.05) is 71.2 Å². The lowest BCUT2D eigenvalue weighted by atomic mass is 9.65. The first-order valence-corrected chi connectivity index (χ1v) is 15.2. The molecule has 2 aliphatic rings. The molecule has 9 heteroatoms. The molecule has 2 atom stereocenters. The molecule has 0 bridgehead atoms. The summed E-state index contributed by atoms with van der Waals surface area (Å²) < 4.78 is 65.9. The van der Waals surface area contributed by atoms with Gasteiger partial charge >= 0.3 is 14.0 Å². The minimum Gasteiger partial charge on any atom is -0.490 e. The first-order valence-electron chi connectivity index (χ1n) is 13.6. The molecular weight excluding hydrogens is 516 g/mol. The second-order valence-electron chi connectivity index (χ2n) is 12.5. The lowest BCUT2D eigenvalue weighted by Gasteiger charge is -2.43. The Morgan fingerprint density at radius 3 is 2.16 bits per heavy atom. The van der Waals surface area contributed by atoms with Gasteiger partial charge in [0.15, 0.2) is 0 Å². The normalized spacial score (nSPS) is 21.0. The van der Waals surface area contributed by atoms with E-state index in [1.54, 1.807) is 45.9 Å². The molecule has 2 aromatic rings. The van der Waals surface area contributed by atoms with Crippen LogP contribution < -0.4 is 4.74 Å². The summed E-state index contributed by atoms with van der Waals surface area (Å²) in [5.74, 6) is -0.612. The Hall–Kier alpha value is -1.60. The Morgan fingerprint density at radius 2 is 1.61 bits per heavy atom. The second kappa shape index (κ2) is 10.8. The number of fused-ring (bicyclic) bond motifs is 1. The van der Waals surface area contributed by atoms with Crippen LogP contribution in [0, 0.1) is 10.8 Å². The number of phosphoric acid groups is 1. The number of hydrogen-bond acceptors (Lipinski definition) is 3. The van der Waals surface area contributed by atoms with Gasteiger partial charge in [0.05, 0.1) is 12.2 Å². The Bertz CT molecular complexity index is 1170. The standard InChI is InChI=1S/C29H40F3O5P/c1-19(26(27(2,3)4)37-38(33,34)35)20-8-10-23-21(18-20)9-11-24(25(23)29(30,31)32)36-22-12-16-28(17-13-22)14-6-5-7-15-28/h8-11,18-19,22,26H,5-7,12-17H2,1-4H3,(H2,33,34,35). The van der Waals surface area contributed by atoms with E-state index in [2.05, 4.69) is 0 Å². The summed E-state index contributed by atoms with van der Waals surface area (Å²) >= 11 is 0. The van der Waals surface area contributed by atoms with Gasteiger partial charge in [-0.3, -0.25) is 4.52 Å². The van der Waals surface area contributed by atoms with Gasteiger partial charge in [0.1, 0.15) is 11.3 Å². The molecule has 5 nitrogen and oxygen atoms in total. The van der Waals surface area contributed by atoms with Crippen molar-refractivity contribution in [2.24, 2.45) is 10.8 Å². The van der Waals surface area contributed by atoms with Crippen molar-refractivity contribution in [1.82, 2.24) is 0 Å². The van der Waals surface area contributed by atoms with Crippen molar-refractivity contribution < 1.29 is 36.8 Å². The van der Waals surface area contributed by atoms with Crippen LogP contribution in [0.4, 0.5) is 13.2 Å². The SMILES string of the molecule is CC(c1ccc2c(C(F)(F)F)c(OC3CCC4(CCCCC4)CC3)ccc2c1)C(OP(=O)(O)O)C(C)(C)C. The minimum atomic E-state index is -4.77. The van der Waals surface area contributed by atoms with Crippen molar-refractivity contribution in [3.05, 3.63) is 41.5 Å². The summed E-state index contributed by atoms with van der Waals surface area (Å²) in [7, 11) is -4.77. The molecular formula is C29H40F3O5P. The highest BCUT2D eigenvalue weighted by atomic mass is 31.2. The van der Waals surface area contributed by atoms with Crippen molar-refractivity contribution >= 4 is 18.6 Å². The van der Waals surface area contributed by atoms with Gasteiger partial charge in [-0.2, -0.15) is 13.2 Å². The zero-order valence-electron chi connectivity index (χ0n) is 22.7. The monoisotopic (exact) mass is 556 g/mol. The van der Waals surface area contributed by atoms with E-state index in [0.29, 0.717) is 16.4 Å². The smallest absolute Gasteiger partial charge is 0.469 e. The molecule has 4 rings (SSSR count). The van der Waals surface area contributed by atoms with Gasteiger partial charge < -0.3 is 14.5 Å². The van der Waals surface area contributed by atoms with Gasteiger partial charge in [-0.25, -0.2) is 4.57 Å². The van der Waals surface area contributed by atoms with E-state index in [1.165, 1.54) is 44.2 Å². The summed E-state index contributed by atoms with van der Waals surface area (Å²) in [6, 6.07) is 7.72. The number of hydrogen-bond donors (Lipinski definition) is 2. The molecule has 0 heterocycles. The van der Waals surface area contributed by atoms with Crippen molar-refractivity contribution in [2.45, 2.75) is 110 Å². The van der Waals surface area contributed by atoms with Gasteiger partial charge in [0.2, 0.25) is 0 Å². The zero-order chi connectivity index (χ0) is 27.9. The first kappa shape index (κ1) is 29.4. The molecule has 0 aromatic heterocycles. The summed E-state index contributed by atoms with van der Waals surface area (Å²) in [5.41, 5.74) is -0.403. The van der Waals surface area contributed by atoms with Crippen LogP contribution in [0.25, 0.3) is 10.8 Å². The topological polar surface area (TPSA) is 76.0 Å². The zero-order valence-corrected chi connectivity index (χ0v) is 23.6. The maximum absolute atomic E-state index is 14.4. The number of ether oxygens (including phenoxy) is 1. The van der Waals surface area contributed by atoms with Crippen LogP contribution in [-0.4, -0.2) is 22.0 Å². The summed E-state index contributed by atoms with van der Waals surface area (Å²) in [6.45, 7) is 7.17. The Morgan fingerprint density at radius 1 is 0.974 bits per heavy atom. The fraction of sp³-hybridized carbons (Fsp3) is 0.655. The molecule has 0 amide bonds. The Kier molecular flexibility index (Phi) is 8.32. The highest BCUT2D eigenvalue weighted by Gasteiger charge is 2.41. The molecule has 212 valence electrons. The van der Waals surface area contributed by atoms with Crippen LogP contribution in [-0.2, 0) is 15.3 Å². The third-order valence-corrected chi connectivity index (χ3v) is 9.08. The molecule has 0 saturated heterocycles. The maximum Gasteiger partial charge on any atom is 0.469 e. The lowest BCUT2D eigenvalue weighted by molar-refractivity contribution is -0.138. The number of alkyl halides is 3. The van der Waals surface area contributed by atoms with E-state index >= 15 is 0 Å². The van der Waals surface area contributed by atoms with E-state index in [0.717, 1.165) is 25.7 Å². The van der Waals surface area contributed by atoms with E-state index < -0.39 is 37.0 Å².